The number of aliphatic hydroxyl groups excluding tert-OH is 1. The molecule has 0 saturated heterocycles. The molecule has 0 aromatic heterocycles. The van der Waals surface area contributed by atoms with Crippen LogP contribution in [-0.4, -0.2) is 64.8 Å². The zero-order valence-electron chi connectivity index (χ0n) is 24.5. The maximum Gasteiger partial charge on any atom is 0.253 e. The Labute approximate surface area is 233 Å². The van der Waals surface area contributed by atoms with Gasteiger partial charge in [0.15, 0.2) is 11.5 Å². The van der Waals surface area contributed by atoms with E-state index >= 15 is 0 Å². The summed E-state index contributed by atoms with van der Waals surface area (Å²) in [6, 6.07) is 5.70. The zero-order chi connectivity index (χ0) is 28.8. The largest absolute Gasteiger partial charge is 0.493 e. The zero-order valence-corrected chi connectivity index (χ0v) is 24.5. The second kappa shape index (κ2) is 17.2. The molecule has 0 saturated carbocycles. The molecule has 39 heavy (non-hydrogen) atoms. The van der Waals surface area contributed by atoms with E-state index in [-0.39, 0.29) is 18.3 Å². The fraction of sp³-hybridized carbons (Fsp3) is 0.667. The average Bonchev–Trinajstić information content (AvgIpc) is 2.92. The number of aryl methyl sites for hydroxylation is 1. The minimum absolute atomic E-state index is 0.149. The fourth-order valence-corrected chi connectivity index (χ4v) is 4.50. The lowest BCUT2D eigenvalue weighted by molar-refractivity contribution is 0.149. The van der Waals surface area contributed by atoms with E-state index in [9.17, 15) is 14.7 Å². The summed E-state index contributed by atoms with van der Waals surface area (Å²) in [5.74, 6) is 2.00. The summed E-state index contributed by atoms with van der Waals surface area (Å²) in [6.45, 7) is 6.29. The first-order valence-electron chi connectivity index (χ1n) is 14.2. The number of aliphatic hydroxyl groups is 1. The SMILES string of the molecule is COCCCOc1cc(CCCCCCN(C)c2c(NC[C@@H](O)[C@@H](N)CCC(C)C)c(=O)c2=O)ccc1OC. The van der Waals surface area contributed by atoms with Crippen LogP contribution in [0.2, 0.25) is 0 Å². The van der Waals surface area contributed by atoms with Crippen molar-refractivity contribution in [3.63, 3.8) is 0 Å². The second-order valence-electron chi connectivity index (χ2n) is 10.7. The third-order valence-electron chi connectivity index (χ3n) is 7.01. The highest BCUT2D eigenvalue weighted by Crippen LogP contribution is 2.29. The molecule has 0 aliphatic rings. The molecule has 2 aromatic rings. The third-order valence-corrected chi connectivity index (χ3v) is 7.01. The van der Waals surface area contributed by atoms with Crippen molar-refractivity contribution in [3.05, 3.63) is 44.2 Å². The highest BCUT2D eigenvalue weighted by Gasteiger charge is 2.25. The molecule has 9 heteroatoms. The molecule has 0 aliphatic carbocycles. The molecule has 0 spiro atoms. The fourth-order valence-electron chi connectivity index (χ4n) is 4.50. The van der Waals surface area contributed by atoms with Crippen LogP contribution < -0.4 is 36.3 Å². The van der Waals surface area contributed by atoms with Gasteiger partial charge in [0.1, 0.15) is 11.4 Å². The van der Waals surface area contributed by atoms with Gasteiger partial charge >= 0.3 is 0 Å². The lowest BCUT2D eigenvalue weighted by Crippen LogP contribution is -2.45. The first-order valence-corrected chi connectivity index (χ1v) is 14.2. The van der Waals surface area contributed by atoms with Gasteiger partial charge in [-0.25, -0.2) is 0 Å². The maximum absolute atomic E-state index is 12.2. The molecule has 0 bridgehead atoms. The van der Waals surface area contributed by atoms with E-state index in [0.717, 1.165) is 56.4 Å². The van der Waals surface area contributed by atoms with E-state index in [1.54, 1.807) is 14.2 Å². The van der Waals surface area contributed by atoms with Gasteiger partial charge in [0.05, 0.1) is 19.8 Å². The van der Waals surface area contributed by atoms with E-state index in [1.807, 2.05) is 24.1 Å². The Balaban J connectivity index is 1.74. The van der Waals surface area contributed by atoms with Crippen molar-refractivity contribution in [3.8, 4) is 11.5 Å². The van der Waals surface area contributed by atoms with Gasteiger partial charge < -0.3 is 35.3 Å². The Kier molecular flexibility index (Phi) is 14.3. The van der Waals surface area contributed by atoms with Crippen molar-refractivity contribution in [1.29, 1.82) is 0 Å². The number of rotatable bonds is 21. The molecule has 0 radical (unpaired) electrons. The number of nitrogens with one attached hydrogen (secondary N) is 1. The third kappa shape index (κ3) is 10.5. The molecule has 2 aromatic carbocycles. The summed E-state index contributed by atoms with van der Waals surface area (Å²) in [4.78, 5) is 26.2. The minimum Gasteiger partial charge on any atom is -0.493 e. The lowest BCUT2D eigenvalue weighted by atomic mass is 10.00. The van der Waals surface area contributed by atoms with Crippen LogP contribution >= 0.6 is 0 Å². The Morgan fingerprint density at radius 1 is 0.974 bits per heavy atom. The first kappa shape index (κ1) is 32.6. The molecule has 0 fully saturated rings. The average molecular weight is 548 g/mol. The number of methoxy groups -OCH3 is 2. The molecular formula is C30H49N3O6. The van der Waals surface area contributed by atoms with Crippen LogP contribution in [0.3, 0.4) is 0 Å². The summed E-state index contributed by atoms with van der Waals surface area (Å²) in [5, 5.41) is 13.3. The summed E-state index contributed by atoms with van der Waals surface area (Å²) in [7, 11) is 5.15. The molecule has 220 valence electrons. The molecule has 0 heterocycles. The van der Waals surface area contributed by atoms with Crippen molar-refractivity contribution >= 4 is 11.4 Å². The quantitative estimate of drug-likeness (QED) is 0.159. The van der Waals surface area contributed by atoms with Crippen LogP contribution in [0.5, 0.6) is 11.5 Å². The van der Waals surface area contributed by atoms with E-state index in [0.29, 0.717) is 37.8 Å². The van der Waals surface area contributed by atoms with Gasteiger partial charge in [0.25, 0.3) is 10.9 Å². The number of anilines is 2. The number of hydrogen-bond acceptors (Lipinski definition) is 9. The normalized spacial score (nSPS) is 13.0. The van der Waals surface area contributed by atoms with E-state index in [2.05, 4.69) is 25.2 Å². The minimum atomic E-state index is -0.782. The summed E-state index contributed by atoms with van der Waals surface area (Å²) in [6.07, 6.45) is 6.65. The molecule has 0 aliphatic heterocycles. The van der Waals surface area contributed by atoms with Crippen molar-refractivity contribution in [2.24, 2.45) is 11.7 Å². The van der Waals surface area contributed by atoms with Crippen molar-refractivity contribution in [2.45, 2.75) is 77.4 Å². The summed E-state index contributed by atoms with van der Waals surface area (Å²) >= 11 is 0. The number of nitrogens with zero attached hydrogens (tertiary/aromatic N) is 1. The monoisotopic (exact) mass is 547 g/mol. The summed E-state index contributed by atoms with van der Waals surface area (Å²) < 4.78 is 16.4. The predicted octanol–water partition coefficient (Wildman–Crippen LogP) is 3.48. The number of hydrogen-bond donors (Lipinski definition) is 3. The van der Waals surface area contributed by atoms with Crippen molar-refractivity contribution in [1.82, 2.24) is 0 Å². The van der Waals surface area contributed by atoms with Gasteiger partial charge in [-0.2, -0.15) is 0 Å². The first-order chi connectivity index (χ1) is 18.7. The second-order valence-corrected chi connectivity index (χ2v) is 10.7. The van der Waals surface area contributed by atoms with Gasteiger partial charge in [0.2, 0.25) is 0 Å². The standard InChI is InChI=1S/C30H49N3O6/c1-21(2)12-14-23(31)24(34)20-32-27-28(30(36)29(27)35)33(3)16-9-7-6-8-11-22-13-15-25(38-5)26(19-22)39-18-10-17-37-4/h13,15,19,21,23-24,32,34H,6-12,14,16-18,20,31H2,1-5H3/t23-,24+/m0/s1. The van der Waals surface area contributed by atoms with Gasteiger partial charge in [-0.1, -0.05) is 32.8 Å². The molecular weight excluding hydrogens is 498 g/mol. The number of unbranched alkanes of at least 4 members (excludes halogenated alkanes) is 3. The van der Waals surface area contributed by atoms with Gasteiger partial charge in [-0.05, 0) is 55.7 Å². The van der Waals surface area contributed by atoms with Crippen LogP contribution in [0.1, 0.15) is 64.4 Å². The number of nitrogens with two attached hydrogens (primary N) is 1. The lowest BCUT2D eigenvalue weighted by Gasteiger charge is -2.25. The van der Waals surface area contributed by atoms with Crippen LogP contribution in [-0.2, 0) is 11.2 Å². The molecule has 2 rings (SSSR count). The van der Waals surface area contributed by atoms with E-state index in [1.165, 1.54) is 5.56 Å². The van der Waals surface area contributed by atoms with E-state index in [4.69, 9.17) is 19.9 Å². The van der Waals surface area contributed by atoms with Crippen molar-refractivity contribution in [2.75, 3.05) is 57.8 Å². The molecule has 0 amide bonds. The molecule has 2 atom stereocenters. The van der Waals surface area contributed by atoms with Crippen LogP contribution in [0.4, 0.5) is 11.4 Å². The van der Waals surface area contributed by atoms with E-state index < -0.39 is 17.0 Å². The highest BCUT2D eigenvalue weighted by molar-refractivity contribution is 5.75. The molecule has 0 unspecified atom stereocenters. The smallest absolute Gasteiger partial charge is 0.253 e. The number of benzene rings is 1. The van der Waals surface area contributed by atoms with Gasteiger partial charge in [0, 0.05) is 46.3 Å². The molecule has 4 N–H and O–H groups in total. The van der Waals surface area contributed by atoms with Crippen LogP contribution in [0.15, 0.2) is 27.8 Å². The molecule has 9 nitrogen and oxygen atoms in total. The van der Waals surface area contributed by atoms with Crippen LogP contribution in [0.25, 0.3) is 0 Å². The van der Waals surface area contributed by atoms with Crippen molar-refractivity contribution < 1.29 is 19.3 Å². The maximum atomic E-state index is 12.2. The Bertz CT molecular complexity index is 1050. The van der Waals surface area contributed by atoms with Gasteiger partial charge in [-0.3, -0.25) is 9.59 Å². The Hall–Kier alpha value is -2.62. The summed E-state index contributed by atoms with van der Waals surface area (Å²) in [5.41, 5.74) is 6.98. The Morgan fingerprint density at radius 2 is 1.72 bits per heavy atom. The highest BCUT2D eigenvalue weighted by atomic mass is 16.5. The van der Waals surface area contributed by atoms with Crippen LogP contribution in [0, 0.1) is 5.92 Å². The topological polar surface area (TPSA) is 123 Å². The Morgan fingerprint density at radius 3 is 2.41 bits per heavy atom. The number of ether oxygens (including phenoxy) is 3. The predicted molar refractivity (Wildman–Crippen MR) is 158 cm³/mol. The van der Waals surface area contributed by atoms with Gasteiger partial charge in [-0.15, -0.1) is 0 Å².